The first-order chi connectivity index (χ1) is 9.53. The van der Waals surface area contributed by atoms with Crippen LogP contribution in [-0.4, -0.2) is 11.2 Å². The van der Waals surface area contributed by atoms with Crippen molar-refractivity contribution in [3.8, 4) is 0 Å². The minimum atomic E-state index is 0.00459. The van der Waals surface area contributed by atoms with Crippen LogP contribution in [0.2, 0.25) is 0 Å². The summed E-state index contributed by atoms with van der Waals surface area (Å²) < 4.78 is 0. The molecule has 4 aliphatic carbocycles. The van der Waals surface area contributed by atoms with Gasteiger partial charge in [0.1, 0.15) is 0 Å². The lowest BCUT2D eigenvalue weighted by Gasteiger charge is -2.60. The molecule has 1 N–H and O–H groups in total. The van der Waals surface area contributed by atoms with E-state index in [2.05, 4.69) is 13.8 Å². The molecule has 4 saturated carbocycles. The van der Waals surface area contributed by atoms with Gasteiger partial charge in [-0.2, -0.15) is 0 Å². The molecule has 0 saturated heterocycles. The number of aliphatic hydroxyl groups is 1. The summed E-state index contributed by atoms with van der Waals surface area (Å²) in [5.74, 6) is 3.85. The smallest absolute Gasteiger partial charge is 0.0543 e. The van der Waals surface area contributed by atoms with Crippen LogP contribution in [0, 0.1) is 34.5 Å². The van der Waals surface area contributed by atoms with E-state index >= 15 is 0 Å². The van der Waals surface area contributed by atoms with Gasteiger partial charge >= 0.3 is 0 Å². The first-order valence-electron chi connectivity index (χ1n) is 9.21. The Bertz CT molecular complexity index is 391. The lowest BCUT2D eigenvalue weighted by Crippen LogP contribution is -2.53. The summed E-state index contributed by atoms with van der Waals surface area (Å²) in [5, 5.41) is 10.0. The predicted octanol–water partition coefficient (Wildman–Crippen LogP) is 4.78. The highest BCUT2D eigenvalue weighted by atomic mass is 16.3. The van der Waals surface area contributed by atoms with Gasteiger partial charge in [0.2, 0.25) is 0 Å². The molecule has 0 aliphatic heterocycles. The zero-order valence-electron chi connectivity index (χ0n) is 13.4. The van der Waals surface area contributed by atoms with Crippen LogP contribution in [0.25, 0.3) is 0 Å². The Labute approximate surface area is 124 Å². The molecule has 4 aliphatic rings. The van der Waals surface area contributed by atoms with Crippen molar-refractivity contribution in [1.29, 1.82) is 0 Å². The largest absolute Gasteiger partial charge is 0.393 e. The first kappa shape index (κ1) is 13.6. The van der Waals surface area contributed by atoms with Crippen molar-refractivity contribution in [2.75, 3.05) is 0 Å². The van der Waals surface area contributed by atoms with Crippen LogP contribution in [-0.2, 0) is 0 Å². The van der Waals surface area contributed by atoms with E-state index in [4.69, 9.17) is 0 Å². The van der Waals surface area contributed by atoms with Crippen molar-refractivity contribution in [3.05, 3.63) is 0 Å². The van der Waals surface area contributed by atoms with Gasteiger partial charge < -0.3 is 5.11 Å². The fourth-order valence-corrected chi connectivity index (χ4v) is 7.23. The maximum Gasteiger partial charge on any atom is 0.0543 e. The second-order valence-corrected chi connectivity index (χ2v) is 9.17. The van der Waals surface area contributed by atoms with Gasteiger partial charge in [-0.05, 0) is 92.3 Å². The molecular weight excluding hydrogens is 244 g/mol. The third-order valence-corrected chi connectivity index (χ3v) is 8.42. The molecule has 0 bridgehead atoms. The molecule has 0 spiro atoms. The standard InChI is InChI=1S/C19H32O/c1-18-9-3-4-16(18)15-6-5-13-12-14(20)7-11-19(13,2)17(15)8-10-18/h13-17,20H,3-12H2,1-2H3/t13-,14-,15-,16-,17+,18-,19-/m0/s1. The van der Waals surface area contributed by atoms with Gasteiger partial charge in [-0.25, -0.2) is 0 Å². The van der Waals surface area contributed by atoms with Crippen molar-refractivity contribution in [1.82, 2.24) is 0 Å². The van der Waals surface area contributed by atoms with Gasteiger partial charge in [0, 0.05) is 0 Å². The van der Waals surface area contributed by atoms with E-state index in [9.17, 15) is 5.11 Å². The molecule has 4 fully saturated rings. The van der Waals surface area contributed by atoms with E-state index in [1.807, 2.05) is 0 Å². The summed E-state index contributed by atoms with van der Waals surface area (Å²) in [7, 11) is 0. The fourth-order valence-electron chi connectivity index (χ4n) is 7.23. The molecule has 0 radical (unpaired) electrons. The lowest BCUT2D eigenvalue weighted by molar-refractivity contribution is -0.120. The van der Waals surface area contributed by atoms with E-state index in [-0.39, 0.29) is 6.10 Å². The number of hydrogen-bond acceptors (Lipinski definition) is 1. The summed E-state index contributed by atoms with van der Waals surface area (Å²) in [5.41, 5.74) is 1.25. The highest BCUT2D eigenvalue weighted by Gasteiger charge is 2.57. The summed E-state index contributed by atoms with van der Waals surface area (Å²) in [6.07, 6.45) is 13.8. The Morgan fingerprint density at radius 1 is 0.850 bits per heavy atom. The van der Waals surface area contributed by atoms with Crippen molar-refractivity contribution < 1.29 is 5.11 Å². The van der Waals surface area contributed by atoms with E-state index in [1.54, 1.807) is 0 Å². The topological polar surface area (TPSA) is 20.2 Å². The Hall–Kier alpha value is -0.0400. The molecule has 7 atom stereocenters. The van der Waals surface area contributed by atoms with Crippen LogP contribution < -0.4 is 0 Å². The monoisotopic (exact) mass is 276 g/mol. The van der Waals surface area contributed by atoms with Crippen LogP contribution in [0.5, 0.6) is 0 Å². The van der Waals surface area contributed by atoms with Gasteiger partial charge in [0.25, 0.3) is 0 Å². The molecule has 0 aromatic carbocycles. The normalized spacial score (nSPS) is 58.6. The molecule has 114 valence electrons. The third kappa shape index (κ3) is 1.77. The average molecular weight is 276 g/mol. The number of rotatable bonds is 0. The first-order valence-corrected chi connectivity index (χ1v) is 9.21. The Morgan fingerprint density at radius 3 is 2.55 bits per heavy atom. The van der Waals surface area contributed by atoms with E-state index in [0.717, 1.165) is 36.5 Å². The van der Waals surface area contributed by atoms with Crippen LogP contribution >= 0.6 is 0 Å². The van der Waals surface area contributed by atoms with E-state index in [0.29, 0.717) is 10.8 Å². The van der Waals surface area contributed by atoms with Crippen LogP contribution in [0.1, 0.15) is 78.1 Å². The van der Waals surface area contributed by atoms with Crippen LogP contribution in [0.15, 0.2) is 0 Å². The second kappa shape index (κ2) is 4.48. The van der Waals surface area contributed by atoms with Gasteiger partial charge in [-0.15, -0.1) is 0 Å². The van der Waals surface area contributed by atoms with E-state index in [1.165, 1.54) is 51.4 Å². The molecule has 0 heterocycles. The molecule has 0 unspecified atom stereocenters. The summed E-state index contributed by atoms with van der Waals surface area (Å²) in [6.45, 7) is 5.19. The van der Waals surface area contributed by atoms with Crippen LogP contribution in [0.3, 0.4) is 0 Å². The second-order valence-electron chi connectivity index (χ2n) is 9.17. The summed E-state index contributed by atoms with van der Waals surface area (Å²) in [6, 6.07) is 0. The average Bonchev–Trinajstić information content (AvgIpc) is 2.81. The fraction of sp³-hybridized carbons (Fsp3) is 1.00. The summed E-state index contributed by atoms with van der Waals surface area (Å²) in [4.78, 5) is 0. The molecule has 0 amide bonds. The summed E-state index contributed by atoms with van der Waals surface area (Å²) >= 11 is 0. The Kier molecular flexibility index (Phi) is 3.05. The molecule has 0 aromatic rings. The zero-order valence-corrected chi connectivity index (χ0v) is 13.4. The highest BCUT2D eigenvalue weighted by molar-refractivity contribution is 5.07. The third-order valence-electron chi connectivity index (χ3n) is 8.42. The molecule has 1 nitrogen and oxygen atoms in total. The van der Waals surface area contributed by atoms with Gasteiger partial charge in [-0.3, -0.25) is 0 Å². The number of hydrogen-bond donors (Lipinski definition) is 1. The van der Waals surface area contributed by atoms with Crippen LogP contribution in [0.4, 0.5) is 0 Å². The molecule has 20 heavy (non-hydrogen) atoms. The molecule has 0 aromatic heterocycles. The van der Waals surface area contributed by atoms with Gasteiger partial charge in [0.05, 0.1) is 6.10 Å². The maximum atomic E-state index is 10.0. The van der Waals surface area contributed by atoms with Crippen molar-refractivity contribution in [3.63, 3.8) is 0 Å². The van der Waals surface area contributed by atoms with Crippen molar-refractivity contribution in [2.24, 2.45) is 34.5 Å². The quantitative estimate of drug-likeness (QED) is 0.675. The minimum absolute atomic E-state index is 0.00459. The zero-order chi connectivity index (χ0) is 14.0. The minimum Gasteiger partial charge on any atom is -0.393 e. The van der Waals surface area contributed by atoms with E-state index < -0.39 is 0 Å². The number of fused-ring (bicyclic) bond motifs is 5. The Balaban J connectivity index is 1.62. The molecular formula is C19H32O. The van der Waals surface area contributed by atoms with Crippen molar-refractivity contribution in [2.45, 2.75) is 84.2 Å². The van der Waals surface area contributed by atoms with Gasteiger partial charge in [0.15, 0.2) is 0 Å². The maximum absolute atomic E-state index is 10.0. The number of aliphatic hydroxyl groups excluding tert-OH is 1. The van der Waals surface area contributed by atoms with Crippen molar-refractivity contribution >= 4 is 0 Å². The Morgan fingerprint density at radius 2 is 1.70 bits per heavy atom. The predicted molar refractivity (Wildman–Crippen MR) is 82.4 cm³/mol. The molecule has 1 heteroatoms. The molecule has 4 rings (SSSR count). The van der Waals surface area contributed by atoms with Gasteiger partial charge in [-0.1, -0.05) is 20.3 Å². The lowest BCUT2D eigenvalue weighted by atomic mass is 9.45. The SMILES string of the molecule is C[C@@]12CCC[C@H]1[C@@H]1CC[C@H]3C[C@@H](O)CC[C@]3(C)[C@@H]1CC2. The highest BCUT2D eigenvalue weighted by Crippen LogP contribution is 2.66.